The van der Waals surface area contributed by atoms with Crippen molar-refractivity contribution in [3.63, 3.8) is 0 Å². The van der Waals surface area contributed by atoms with Gasteiger partial charge in [-0.1, -0.05) is 254 Å². The lowest BCUT2D eigenvalue weighted by Gasteiger charge is -2.68. The molecule has 0 aromatic carbocycles. The van der Waals surface area contributed by atoms with E-state index >= 15 is 0 Å². The lowest BCUT2D eigenvalue weighted by molar-refractivity contribution is -0.337. The van der Waals surface area contributed by atoms with Crippen LogP contribution in [0, 0.1) is 105 Å². The number of carboxylic acids is 1. The molecule has 4 saturated heterocycles. The van der Waals surface area contributed by atoms with Crippen LogP contribution in [0.25, 0.3) is 0 Å². The number of ketones is 4. The largest absolute Gasteiger partial charge is 0.481 e. The number of aliphatic carboxylic acids is 1. The van der Waals surface area contributed by atoms with E-state index in [2.05, 4.69) is 135 Å². The Morgan fingerprint density at radius 3 is 1.10 bits per heavy atom. The van der Waals surface area contributed by atoms with Crippen LogP contribution in [0.3, 0.4) is 0 Å². The van der Waals surface area contributed by atoms with Crippen LogP contribution in [0.2, 0.25) is 0 Å². The molecule has 125 heavy (non-hydrogen) atoms. The zero-order valence-corrected chi connectivity index (χ0v) is 77.4. The van der Waals surface area contributed by atoms with Crippen LogP contribution < -0.4 is 0 Å². The molecule has 0 radical (unpaired) electrons. The number of carboxylic acid groups (broad SMARTS) is 1. The molecule has 4 saturated carbocycles. The third kappa shape index (κ3) is 22.2. The summed E-state index contributed by atoms with van der Waals surface area (Å²) in [5.41, 5.74) is -5.64. The molecule has 4 aliphatic heterocycles. The van der Waals surface area contributed by atoms with Gasteiger partial charge in [0.05, 0.1) is 36.3 Å². The Morgan fingerprint density at radius 2 is 0.776 bits per heavy atom. The Morgan fingerprint density at radius 1 is 0.472 bits per heavy atom. The second-order valence-corrected chi connectivity index (χ2v) is 38.8. The Balaban J connectivity index is 0.000000260. The maximum absolute atomic E-state index is 14.0. The van der Waals surface area contributed by atoms with Crippen molar-refractivity contribution in [2.45, 2.75) is 311 Å². The molecule has 6 aliphatic carbocycles. The highest BCUT2D eigenvalue weighted by Crippen LogP contribution is 2.77. The van der Waals surface area contributed by atoms with Crippen molar-refractivity contribution >= 4 is 47.0 Å². The van der Waals surface area contributed by atoms with Gasteiger partial charge >= 0.3 is 23.9 Å². The summed E-state index contributed by atoms with van der Waals surface area (Å²) in [6.07, 6.45) is 59.6. The maximum Gasteiger partial charge on any atom is 0.309 e. The zero-order chi connectivity index (χ0) is 92.2. The summed E-state index contributed by atoms with van der Waals surface area (Å²) in [7, 11) is 0. The van der Waals surface area contributed by atoms with Gasteiger partial charge in [-0.25, -0.2) is 0 Å². The predicted octanol–water partition coefficient (Wildman–Crippen LogP) is 17.1. The minimum atomic E-state index is -2.15. The third-order valence-corrected chi connectivity index (χ3v) is 29.9. The zero-order valence-electron chi connectivity index (χ0n) is 77.4. The van der Waals surface area contributed by atoms with E-state index in [0.29, 0.717) is 37.7 Å². The van der Waals surface area contributed by atoms with Crippen LogP contribution in [0.15, 0.2) is 169 Å². The molecule has 0 amide bonds. The number of carbonyl (C=O) groups excluding carboxylic acids is 7. The minimum Gasteiger partial charge on any atom is -0.481 e. The highest BCUT2D eigenvalue weighted by atomic mass is 16.7. The molecule has 21 nitrogen and oxygen atoms in total. The molecular weight excluding hydrogens is 1590 g/mol. The summed E-state index contributed by atoms with van der Waals surface area (Å²) >= 11 is 0. The monoisotopic (exact) mass is 1740 g/mol. The molecule has 0 aromatic heterocycles. The summed E-state index contributed by atoms with van der Waals surface area (Å²) in [6, 6.07) is 0. The van der Waals surface area contributed by atoms with Gasteiger partial charge in [-0.2, -0.15) is 0 Å². The van der Waals surface area contributed by atoms with E-state index in [-0.39, 0.29) is 92.9 Å². The minimum absolute atomic E-state index is 0.0310. The van der Waals surface area contributed by atoms with E-state index in [1.54, 1.807) is 27.7 Å². The number of rotatable bonds is 41. The first-order valence-corrected chi connectivity index (χ1v) is 46.5. The Kier molecular flexibility index (Phi) is 37.2. The van der Waals surface area contributed by atoms with Gasteiger partial charge in [-0.05, 0) is 188 Å². The molecule has 10 aliphatic rings. The van der Waals surface area contributed by atoms with Crippen molar-refractivity contribution in [2.24, 2.45) is 105 Å². The second kappa shape index (κ2) is 45.2. The van der Waals surface area contributed by atoms with E-state index in [1.807, 2.05) is 93.5 Å². The number of ether oxygens (including phenoxy) is 5. The lowest BCUT2D eigenvalue weighted by atomic mass is 9.37. The molecule has 4 heterocycles. The number of aliphatic hydroxyl groups is 7. The first-order valence-electron chi connectivity index (χ1n) is 46.5. The predicted molar refractivity (Wildman–Crippen MR) is 484 cm³/mol. The first-order chi connectivity index (χ1) is 59.1. The van der Waals surface area contributed by atoms with Gasteiger partial charge in [0.25, 0.3) is 0 Å². The highest BCUT2D eigenvalue weighted by molar-refractivity contribution is 5.98. The quantitative estimate of drug-likeness (QED) is 0.0160. The molecule has 22 atom stereocenters. The number of esters is 3. The molecule has 6 unspecified atom stereocenters. The fraction of sp³-hybridized carbons (Fsp3) is 0.654. The molecule has 8 N–H and O–H groups in total. The van der Waals surface area contributed by atoms with Crippen LogP contribution in [0.5, 0.6) is 0 Å². The molecule has 2 spiro atoms. The van der Waals surface area contributed by atoms with Crippen molar-refractivity contribution in [3.05, 3.63) is 169 Å². The lowest BCUT2D eigenvalue weighted by Crippen LogP contribution is -2.77. The van der Waals surface area contributed by atoms with Crippen LogP contribution in [-0.4, -0.2) is 160 Å². The number of allylic oxidation sites excluding steroid dienone is 26. The highest BCUT2D eigenvalue weighted by Gasteiger charge is 2.85. The van der Waals surface area contributed by atoms with Crippen molar-refractivity contribution < 1.29 is 103 Å². The molecule has 4 bridgehead atoms. The SMILES string of the molecule is CC/C=C\C/C=C\C/C=C\C/C=C\C/C=C\C/C=C\CCC(=O)O.CC/C=C\C/C=C\C/C=C\C/C=C\C/C=C\C/C=C\CCC(=O)O[C@@H]1C(=O)C=C(C)[C@@H]2C[C@H]3OC(=O)C(CC(=O)CC(O)(C(C)C)C(C)C)C4[C@@H](C)[C@@H](O)[C@]5(O)OC[C@@]43C5[C@@]12C.CC1=CC(=O)[C@@H](O)[C@]2(C)C3[C@]45CO[C@@]3(O)[C@H](O)[C@H](C)C4C(CC(=O)CC(O)(C(C)C)C(C)C)C(=O)O[C@@H]5C[C@@H]12. The van der Waals surface area contributed by atoms with Crippen molar-refractivity contribution in [2.75, 3.05) is 13.2 Å². The first kappa shape index (κ1) is 103. The van der Waals surface area contributed by atoms with Gasteiger partial charge in [-0.15, -0.1) is 0 Å². The summed E-state index contributed by atoms with van der Waals surface area (Å²) in [4.78, 5) is 106. The number of carbonyl (C=O) groups is 8. The van der Waals surface area contributed by atoms with Crippen LogP contribution in [0.4, 0.5) is 0 Å². The summed E-state index contributed by atoms with van der Waals surface area (Å²) in [6.45, 7) is 29.8. The number of Topliss-reactive ketones (excluding diaryl/α,β-unsaturated/α-hetero) is 2. The molecule has 692 valence electrons. The van der Waals surface area contributed by atoms with Gasteiger partial charge in [0.1, 0.15) is 42.1 Å². The summed E-state index contributed by atoms with van der Waals surface area (Å²) in [5, 5.41) is 90.6. The van der Waals surface area contributed by atoms with E-state index in [1.165, 1.54) is 12.2 Å². The third-order valence-electron chi connectivity index (χ3n) is 29.9. The average Bonchev–Trinajstić information content (AvgIpc) is 1.55. The fourth-order valence-corrected chi connectivity index (χ4v) is 23.5. The van der Waals surface area contributed by atoms with Crippen LogP contribution in [-0.2, 0) is 62.0 Å². The van der Waals surface area contributed by atoms with Crippen LogP contribution in [0.1, 0.15) is 252 Å². The number of hydrogen-bond donors (Lipinski definition) is 8. The van der Waals surface area contributed by atoms with Crippen LogP contribution >= 0.6 is 0 Å². The van der Waals surface area contributed by atoms with E-state index in [4.69, 9.17) is 28.8 Å². The molecule has 10 rings (SSSR count). The van der Waals surface area contributed by atoms with Gasteiger partial charge in [0.2, 0.25) is 0 Å². The molecule has 8 fully saturated rings. The van der Waals surface area contributed by atoms with Crippen molar-refractivity contribution in [1.82, 2.24) is 0 Å². The summed E-state index contributed by atoms with van der Waals surface area (Å²) in [5.74, 6) is -16.1. The topological polar surface area (TPSA) is 345 Å². The normalized spacial score (nSPS) is 34.4. The van der Waals surface area contributed by atoms with Gasteiger partial charge < -0.3 is 64.5 Å². The standard InChI is InChI=1S/C52H74O10.C30H44O9.C22H32O2/c1-9-10-11-12-13-14-15-16-17-18-19-20-21-22-23-24-25-26-27-28-43(55)62-46-41(54)29-36(6)40-31-42-50-33-60-52(59,48(50)49(40,46)8)45(56)37(7)44(50)39(47(57)61-42)30-38(53)32-51(58,34(2)3)35(4)5;1-13(2)29(36,14(3)4)11-17(31)9-18-22-16(6)23(33)30(37)26-27(7)19(15(5)8-20(32)24(27)34)10-21(39-25(18)35)28(22,26)12-38-30;1-2-3-4-5-6-7-8-9-10-11-12-13-14-15-16-17-18-19-20-21-22(23)24/h10-11,13-14,16-17,19-20,22-23,25-26,29,34-35,37,39-40,42,44-46,48,56,58-59H,9,12,15,18,21,24,27-28,30-33H2,1-8H3;8,13-14,16,18-19,21-24,26,33-34,36-37H,9-12H2,1-7H3;3-4,6-7,9-10,12-13,15-16,18-19H,2,5,8,11,14,17,20-21H2,1H3,(H,23,24)/b11-10-,14-13-,17-16-,20-19-,23-22-,26-25-;;4-3-,7-6-,10-9-,13-12-,16-15-,19-18-/t37-,39?,40+,42-,44?,45-,46-,48?,49-,50+,52+;16-,18?,19+,21-,22?,23-,24-,26?,27-,28+,30+;/m11./s1. The molecule has 21 heteroatoms. The number of aliphatic hydroxyl groups excluding tert-OH is 3. The summed E-state index contributed by atoms with van der Waals surface area (Å²) < 4.78 is 30.8. The van der Waals surface area contributed by atoms with E-state index < -0.39 is 170 Å². The van der Waals surface area contributed by atoms with Crippen molar-refractivity contribution in [1.29, 1.82) is 0 Å². The fourth-order valence-electron chi connectivity index (χ4n) is 23.5. The second-order valence-electron chi connectivity index (χ2n) is 38.8. The van der Waals surface area contributed by atoms with E-state index in [0.717, 1.165) is 76.2 Å². The average molecular weight is 1740 g/mol. The Hall–Kier alpha value is -7.44. The number of hydrogen-bond acceptors (Lipinski definition) is 20. The number of fused-ring (bicyclic) bond motifs is 2. The van der Waals surface area contributed by atoms with Crippen molar-refractivity contribution in [3.8, 4) is 0 Å². The molecule has 0 aromatic rings. The Bertz CT molecular complexity index is 4150. The smallest absolute Gasteiger partial charge is 0.309 e. The van der Waals surface area contributed by atoms with Gasteiger partial charge in [-0.3, -0.25) is 38.4 Å². The Labute approximate surface area is 744 Å². The van der Waals surface area contributed by atoms with Gasteiger partial charge in [0, 0.05) is 72.0 Å². The van der Waals surface area contributed by atoms with E-state index in [9.17, 15) is 74.1 Å². The maximum atomic E-state index is 14.0. The van der Waals surface area contributed by atoms with Gasteiger partial charge in [0.15, 0.2) is 29.2 Å². The molecular formula is C104H150O21.